The van der Waals surface area contributed by atoms with E-state index >= 15 is 0 Å². The highest BCUT2D eigenvalue weighted by atomic mass is 32.2. The first kappa shape index (κ1) is 29.1. The summed E-state index contributed by atoms with van der Waals surface area (Å²) in [7, 11) is -3.86. The smallest absolute Gasteiger partial charge is 0.296 e. The number of Topliss-reactive ketones (excluding diaryl/α,β-unsaturated/α-hetero) is 1. The summed E-state index contributed by atoms with van der Waals surface area (Å²) in [5.74, 6) is -3.06. The average molecular weight is 569 g/mol. The Labute approximate surface area is 232 Å². The number of nitrogens with one attached hydrogen (secondary N) is 1. The van der Waals surface area contributed by atoms with E-state index < -0.39 is 38.7 Å². The van der Waals surface area contributed by atoms with Crippen molar-refractivity contribution in [3.63, 3.8) is 0 Å². The van der Waals surface area contributed by atoms with Crippen LogP contribution >= 0.6 is 0 Å². The number of carbonyl (C=O) groups is 3. The Morgan fingerprint density at radius 1 is 1.00 bits per heavy atom. The maximum Gasteiger partial charge on any atom is 0.296 e. The van der Waals surface area contributed by atoms with Crippen molar-refractivity contribution in [2.75, 3.05) is 32.6 Å². The second-order valence-electron chi connectivity index (χ2n) is 9.59. The third-order valence-electron chi connectivity index (χ3n) is 6.76. The van der Waals surface area contributed by atoms with Gasteiger partial charge in [0, 0.05) is 31.3 Å². The number of amides is 2. The molecule has 2 amide bonds. The fourth-order valence-corrected chi connectivity index (χ4v) is 6.16. The summed E-state index contributed by atoms with van der Waals surface area (Å²) in [6.07, 6.45) is 0.852. The molecule has 212 valence electrons. The van der Waals surface area contributed by atoms with Gasteiger partial charge in [0.2, 0.25) is 23.4 Å². The second-order valence-corrected chi connectivity index (χ2v) is 11.8. The van der Waals surface area contributed by atoms with E-state index in [0.29, 0.717) is 37.4 Å². The predicted octanol–water partition coefficient (Wildman–Crippen LogP) is 2.47. The van der Waals surface area contributed by atoms with Crippen LogP contribution in [0.15, 0.2) is 65.2 Å². The molecule has 1 saturated heterocycles. The van der Waals surface area contributed by atoms with Crippen LogP contribution < -0.4 is 5.32 Å². The Hall–Kier alpha value is -3.90. The number of hydrogen-bond acceptors (Lipinski definition) is 9. The standard InChI is InChI=1S/C28H32N4O7S/c1-3-22(24(34)28-30-26(31-39-28)20-12-8-5-9-13-20)29-27(35)21(18-23(33)32-14-16-38-17-15-32)25(40(2,36)37)19-10-6-4-7-11-19/h4-13,21-22,25H,3,14-18H2,1-2H3,(H,29,35)/t21?,22-,25-/m0/s1. The summed E-state index contributed by atoms with van der Waals surface area (Å²) >= 11 is 0. The number of aromatic nitrogens is 2. The Bertz CT molecular complexity index is 1420. The Morgan fingerprint density at radius 2 is 1.62 bits per heavy atom. The lowest BCUT2D eigenvalue weighted by Gasteiger charge is -2.31. The van der Waals surface area contributed by atoms with Crippen molar-refractivity contribution in [2.45, 2.75) is 31.1 Å². The van der Waals surface area contributed by atoms with Gasteiger partial charge in [-0.1, -0.05) is 72.7 Å². The quantitative estimate of drug-likeness (QED) is 0.344. The van der Waals surface area contributed by atoms with E-state index in [2.05, 4.69) is 15.5 Å². The molecule has 2 aromatic carbocycles. The summed E-state index contributed by atoms with van der Waals surface area (Å²) in [5.41, 5.74) is 1.03. The van der Waals surface area contributed by atoms with Crippen LogP contribution in [0.5, 0.6) is 0 Å². The molecule has 4 rings (SSSR count). The first-order valence-corrected chi connectivity index (χ1v) is 15.0. The van der Waals surface area contributed by atoms with E-state index in [1.165, 1.54) is 0 Å². The van der Waals surface area contributed by atoms with Crippen molar-refractivity contribution in [1.29, 1.82) is 0 Å². The highest BCUT2D eigenvalue weighted by molar-refractivity contribution is 7.91. The summed E-state index contributed by atoms with van der Waals surface area (Å²) < 4.78 is 36.6. The SMILES string of the molecule is CC[C@H](NC(=O)C(CC(=O)N1CCOCC1)[C@H](c1ccccc1)S(C)(=O)=O)C(=O)c1nc(-c2ccccc2)no1. The van der Waals surface area contributed by atoms with Gasteiger partial charge in [-0.15, -0.1) is 0 Å². The largest absolute Gasteiger partial charge is 0.378 e. The maximum absolute atomic E-state index is 13.8. The minimum atomic E-state index is -3.86. The molecule has 1 unspecified atom stereocenters. The topological polar surface area (TPSA) is 149 Å². The van der Waals surface area contributed by atoms with Gasteiger partial charge < -0.3 is 19.5 Å². The van der Waals surface area contributed by atoms with Gasteiger partial charge in [-0.3, -0.25) is 14.4 Å². The molecule has 1 aliphatic rings. The summed E-state index contributed by atoms with van der Waals surface area (Å²) in [6.45, 7) is 3.10. The second kappa shape index (κ2) is 13.0. The molecule has 12 heteroatoms. The first-order valence-electron chi connectivity index (χ1n) is 13.0. The van der Waals surface area contributed by atoms with Crippen molar-refractivity contribution >= 4 is 27.4 Å². The van der Waals surface area contributed by atoms with Gasteiger partial charge in [0.1, 0.15) is 0 Å². The van der Waals surface area contributed by atoms with Crippen LogP contribution in [0.4, 0.5) is 0 Å². The predicted molar refractivity (Wildman–Crippen MR) is 146 cm³/mol. The van der Waals surface area contributed by atoms with Crippen LogP contribution in [-0.4, -0.2) is 79.7 Å². The molecule has 2 heterocycles. The summed E-state index contributed by atoms with van der Waals surface area (Å²) in [5, 5.41) is 5.23. The van der Waals surface area contributed by atoms with E-state index in [9.17, 15) is 22.8 Å². The van der Waals surface area contributed by atoms with Crippen LogP contribution in [0.25, 0.3) is 11.4 Å². The molecule has 0 bridgehead atoms. The molecule has 3 aromatic rings. The molecule has 3 atom stereocenters. The number of hydrogen-bond donors (Lipinski definition) is 1. The number of carbonyl (C=O) groups excluding carboxylic acids is 3. The van der Waals surface area contributed by atoms with E-state index in [4.69, 9.17) is 9.26 Å². The number of nitrogens with zero attached hydrogens (tertiary/aromatic N) is 3. The molecule has 1 aromatic heterocycles. The molecule has 40 heavy (non-hydrogen) atoms. The Morgan fingerprint density at radius 3 is 2.23 bits per heavy atom. The van der Waals surface area contributed by atoms with Crippen LogP contribution in [0.1, 0.15) is 41.3 Å². The molecule has 0 saturated carbocycles. The zero-order valence-corrected chi connectivity index (χ0v) is 23.2. The highest BCUT2D eigenvalue weighted by Crippen LogP contribution is 2.33. The monoisotopic (exact) mass is 568 g/mol. The number of rotatable bonds is 11. The Kier molecular flexibility index (Phi) is 9.43. The fourth-order valence-electron chi connectivity index (χ4n) is 4.70. The fraction of sp³-hybridized carbons (Fsp3) is 0.393. The lowest BCUT2D eigenvalue weighted by Crippen LogP contribution is -2.48. The van der Waals surface area contributed by atoms with Crippen molar-refractivity contribution in [1.82, 2.24) is 20.4 Å². The number of morpholine rings is 1. The van der Waals surface area contributed by atoms with E-state index in [1.807, 2.05) is 6.07 Å². The van der Waals surface area contributed by atoms with Gasteiger partial charge in [0.05, 0.1) is 30.4 Å². The maximum atomic E-state index is 13.8. The normalized spacial score (nSPS) is 16.1. The van der Waals surface area contributed by atoms with Crippen molar-refractivity contribution in [2.24, 2.45) is 5.92 Å². The van der Waals surface area contributed by atoms with Crippen molar-refractivity contribution in [3.05, 3.63) is 72.1 Å². The highest BCUT2D eigenvalue weighted by Gasteiger charge is 2.40. The molecule has 1 aliphatic heterocycles. The minimum absolute atomic E-state index is 0.173. The van der Waals surface area contributed by atoms with Crippen LogP contribution in [0, 0.1) is 5.92 Å². The van der Waals surface area contributed by atoms with Gasteiger partial charge >= 0.3 is 0 Å². The molecule has 1 N–H and O–H groups in total. The lowest BCUT2D eigenvalue weighted by atomic mass is 9.93. The Balaban J connectivity index is 1.61. The third-order valence-corrected chi connectivity index (χ3v) is 8.28. The van der Waals surface area contributed by atoms with Gasteiger partial charge in [0.25, 0.3) is 5.89 Å². The van der Waals surface area contributed by atoms with Crippen LogP contribution in [0.3, 0.4) is 0 Å². The van der Waals surface area contributed by atoms with Gasteiger partial charge in [-0.2, -0.15) is 4.98 Å². The van der Waals surface area contributed by atoms with E-state index in [1.54, 1.807) is 66.4 Å². The lowest BCUT2D eigenvalue weighted by molar-refractivity contribution is -0.139. The van der Waals surface area contributed by atoms with Crippen molar-refractivity contribution in [3.8, 4) is 11.4 Å². The first-order chi connectivity index (χ1) is 19.2. The molecular weight excluding hydrogens is 536 g/mol. The van der Waals surface area contributed by atoms with Crippen LogP contribution in [-0.2, 0) is 24.2 Å². The van der Waals surface area contributed by atoms with Crippen LogP contribution in [0.2, 0.25) is 0 Å². The molecule has 0 spiro atoms. The summed E-state index contributed by atoms with van der Waals surface area (Å²) in [6, 6.07) is 16.2. The van der Waals surface area contributed by atoms with Crippen molar-refractivity contribution < 1.29 is 32.1 Å². The third kappa shape index (κ3) is 6.99. The van der Waals surface area contributed by atoms with E-state index in [0.717, 1.165) is 6.26 Å². The van der Waals surface area contributed by atoms with E-state index in [-0.39, 0.29) is 30.5 Å². The zero-order valence-electron chi connectivity index (χ0n) is 22.4. The number of ether oxygens (including phenoxy) is 1. The molecule has 0 aliphatic carbocycles. The number of sulfone groups is 1. The minimum Gasteiger partial charge on any atom is -0.378 e. The van der Waals surface area contributed by atoms with Gasteiger partial charge in [-0.05, 0) is 12.0 Å². The molecular formula is C28H32N4O7S. The molecule has 11 nitrogen and oxygen atoms in total. The van der Waals surface area contributed by atoms with Gasteiger partial charge in [-0.25, -0.2) is 8.42 Å². The number of ketones is 1. The molecule has 1 fully saturated rings. The summed E-state index contributed by atoms with van der Waals surface area (Å²) in [4.78, 5) is 46.0. The number of benzene rings is 2. The molecule has 0 radical (unpaired) electrons. The van der Waals surface area contributed by atoms with Gasteiger partial charge in [0.15, 0.2) is 9.84 Å². The zero-order chi connectivity index (χ0) is 28.7. The average Bonchev–Trinajstić information content (AvgIpc) is 3.46.